The minimum atomic E-state index is 0.304. The van der Waals surface area contributed by atoms with Crippen molar-refractivity contribution in [2.24, 2.45) is 10.9 Å². The molecule has 0 bridgehead atoms. The molecule has 0 heterocycles. The van der Waals surface area contributed by atoms with E-state index in [0.717, 1.165) is 12.8 Å². The van der Waals surface area contributed by atoms with E-state index < -0.39 is 0 Å². The molecule has 0 aromatic carbocycles. The van der Waals surface area contributed by atoms with Crippen molar-refractivity contribution in [2.45, 2.75) is 31.7 Å². The van der Waals surface area contributed by atoms with Gasteiger partial charge in [0.1, 0.15) is 0 Å². The summed E-state index contributed by atoms with van der Waals surface area (Å²) in [6.07, 6.45) is 4.84. The number of hydrogen-bond donors (Lipinski definition) is 1. The molecule has 64 valence electrons. The molecule has 1 N–H and O–H groups in total. The summed E-state index contributed by atoms with van der Waals surface area (Å²) in [5.74, 6) is 0.426. The zero-order valence-corrected chi connectivity index (χ0v) is 8.70. The molecule has 0 aromatic rings. The Bertz CT molecular complexity index is 138. The van der Waals surface area contributed by atoms with Crippen LogP contribution in [0.25, 0.3) is 0 Å². The van der Waals surface area contributed by atoms with Crippen LogP contribution in [-0.2, 0) is 0 Å². The molecule has 1 saturated carbocycles. The second-order valence-electron chi connectivity index (χ2n) is 3.04. The van der Waals surface area contributed by atoms with Gasteiger partial charge in [0.2, 0.25) is 0 Å². The van der Waals surface area contributed by atoms with Crippen LogP contribution >= 0.6 is 22.6 Å². The smallest absolute Gasteiger partial charge is 0.0599 e. The van der Waals surface area contributed by atoms with Gasteiger partial charge >= 0.3 is 0 Å². The highest BCUT2D eigenvalue weighted by Crippen LogP contribution is 2.26. The quantitative estimate of drug-likeness (QED) is 0.602. The molecular weight excluding hydrogens is 253 g/mol. The summed E-state index contributed by atoms with van der Waals surface area (Å²) < 4.78 is 1.83. The fourth-order valence-electron chi connectivity index (χ4n) is 1.67. The molecule has 2 atom stereocenters. The van der Waals surface area contributed by atoms with E-state index in [2.05, 4.69) is 27.6 Å². The summed E-state index contributed by atoms with van der Waals surface area (Å²) in [5.41, 5.74) is 0. The normalized spacial score (nSPS) is 32.9. The summed E-state index contributed by atoms with van der Waals surface area (Å²) in [7, 11) is 0. The second-order valence-corrected chi connectivity index (χ2v) is 3.60. The average Bonchev–Trinajstić information content (AvgIpc) is 2.06. The Kier molecular flexibility index (Phi) is 4.37. The highest BCUT2D eigenvalue weighted by Gasteiger charge is 2.22. The fourth-order valence-corrected chi connectivity index (χ4v) is 2.08. The standard InChI is InChI=1S/C8H14INO/c9-6-10-8-4-2-1-3-7(8)5-11/h6-8,11H,1-5H2/b10-6+/t7-,8-/m0/s1. The predicted molar refractivity (Wildman–Crippen MR) is 55.3 cm³/mol. The lowest BCUT2D eigenvalue weighted by atomic mass is 9.85. The van der Waals surface area contributed by atoms with Gasteiger partial charge in [-0.05, 0) is 35.4 Å². The van der Waals surface area contributed by atoms with Gasteiger partial charge in [0.15, 0.2) is 0 Å². The molecule has 0 unspecified atom stereocenters. The van der Waals surface area contributed by atoms with Gasteiger partial charge in [0.25, 0.3) is 0 Å². The van der Waals surface area contributed by atoms with Crippen molar-refractivity contribution >= 4 is 26.8 Å². The number of halogens is 1. The Hall–Kier alpha value is 0.360. The van der Waals surface area contributed by atoms with Crippen molar-refractivity contribution in [3.8, 4) is 0 Å². The van der Waals surface area contributed by atoms with E-state index in [4.69, 9.17) is 5.11 Å². The van der Waals surface area contributed by atoms with Crippen LogP contribution in [0.1, 0.15) is 25.7 Å². The highest BCUT2D eigenvalue weighted by molar-refractivity contribution is 14.1. The molecule has 0 aliphatic heterocycles. The van der Waals surface area contributed by atoms with Crippen LogP contribution in [0.3, 0.4) is 0 Å². The van der Waals surface area contributed by atoms with Gasteiger partial charge in [-0.1, -0.05) is 12.8 Å². The average molecular weight is 267 g/mol. The third-order valence-electron chi connectivity index (χ3n) is 2.35. The van der Waals surface area contributed by atoms with Gasteiger partial charge in [-0.25, -0.2) is 0 Å². The van der Waals surface area contributed by atoms with Crippen LogP contribution in [0.2, 0.25) is 0 Å². The lowest BCUT2D eigenvalue weighted by Crippen LogP contribution is -2.25. The summed E-state index contributed by atoms with van der Waals surface area (Å²) in [6.45, 7) is 0.304. The van der Waals surface area contributed by atoms with Gasteiger partial charge in [0, 0.05) is 12.5 Å². The molecule has 11 heavy (non-hydrogen) atoms. The molecule has 0 amide bonds. The van der Waals surface area contributed by atoms with Crippen molar-refractivity contribution in [3.05, 3.63) is 0 Å². The van der Waals surface area contributed by atoms with Crippen LogP contribution in [-0.4, -0.2) is 22.0 Å². The Morgan fingerprint density at radius 2 is 2.18 bits per heavy atom. The lowest BCUT2D eigenvalue weighted by molar-refractivity contribution is 0.172. The molecule has 0 aromatic heterocycles. The number of rotatable bonds is 2. The molecule has 3 heteroatoms. The summed E-state index contributed by atoms with van der Waals surface area (Å²) >= 11 is 2.14. The molecule has 0 saturated heterocycles. The molecule has 1 aliphatic carbocycles. The molecule has 1 aliphatic rings. The first-order chi connectivity index (χ1) is 5.38. The number of aliphatic hydroxyl groups is 1. The number of aliphatic hydroxyl groups excluding tert-OH is 1. The lowest BCUT2D eigenvalue weighted by Gasteiger charge is -2.26. The van der Waals surface area contributed by atoms with Crippen LogP contribution in [0.5, 0.6) is 0 Å². The minimum absolute atomic E-state index is 0.304. The fraction of sp³-hybridized carbons (Fsp3) is 0.875. The zero-order chi connectivity index (χ0) is 8.10. The van der Waals surface area contributed by atoms with Gasteiger partial charge in [0.05, 0.1) is 10.3 Å². The monoisotopic (exact) mass is 267 g/mol. The first-order valence-electron chi connectivity index (χ1n) is 4.11. The third-order valence-corrected chi connectivity index (χ3v) is 2.67. The maximum Gasteiger partial charge on any atom is 0.0599 e. The SMILES string of the molecule is OC[C@@H]1CCCC[C@@H]1/N=C/I. The second kappa shape index (κ2) is 5.09. The Balaban J connectivity index is 2.44. The Morgan fingerprint density at radius 1 is 1.45 bits per heavy atom. The largest absolute Gasteiger partial charge is 0.396 e. The highest BCUT2D eigenvalue weighted by atomic mass is 127. The summed E-state index contributed by atoms with van der Waals surface area (Å²) in [6, 6.07) is 0.394. The first kappa shape index (κ1) is 9.45. The van der Waals surface area contributed by atoms with Crippen molar-refractivity contribution in [3.63, 3.8) is 0 Å². The van der Waals surface area contributed by atoms with Gasteiger partial charge < -0.3 is 5.11 Å². The van der Waals surface area contributed by atoms with E-state index in [0.29, 0.717) is 18.6 Å². The van der Waals surface area contributed by atoms with E-state index in [9.17, 15) is 0 Å². The summed E-state index contributed by atoms with van der Waals surface area (Å²) in [5, 5.41) is 9.01. The molecule has 1 fully saturated rings. The van der Waals surface area contributed by atoms with Gasteiger partial charge in [-0.2, -0.15) is 0 Å². The van der Waals surface area contributed by atoms with Crippen LogP contribution in [0, 0.1) is 5.92 Å². The molecular formula is C8H14INO. The van der Waals surface area contributed by atoms with Crippen LogP contribution in [0.15, 0.2) is 4.99 Å². The predicted octanol–water partition coefficient (Wildman–Crippen LogP) is 2.00. The number of hydrogen-bond acceptors (Lipinski definition) is 2. The topological polar surface area (TPSA) is 32.6 Å². The molecule has 0 radical (unpaired) electrons. The van der Waals surface area contributed by atoms with E-state index in [-0.39, 0.29) is 0 Å². The number of aliphatic imine (C=N–C) groups is 1. The minimum Gasteiger partial charge on any atom is -0.396 e. The Morgan fingerprint density at radius 3 is 2.82 bits per heavy atom. The van der Waals surface area contributed by atoms with Crippen molar-refractivity contribution < 1.29 is 5.11 Å². The Labute approximate surface area is 81.2 Å². The molecule has 2 nitrogen and oxygen atoms in total. The maximum atomic E-state index is 9.01. The zero-order valence-electron chi connectivity index (χ0n) is 6.54. The third kappa shape index (κ3) is 2.71. The van der Waals surface area contributed by atoms with E-state index in [1.54, 1.807) is 0 Å². The van der Waals surface area contributed by atoms with Crippen molar-refractivity contribution in [1.29, 1.82) is 0 Å². The maximum absolute atomic E-state index is 9.01. The molecule has 0 spiro atoms. The first-order valence-corrected chi connectivity index (χ1v) is 5.35. The number of nitrogens with zero attached hydrogens (tertiary/aromatic N) is 1. The van der Waals surface area contributed by atoms with Crippen molar-refractivity contribution in [1.82, 2.24) is 0 Å². The summed E-state index contributed by atoms with van der Waals surface area (Å²) in [4.78, 5) is 4.34. The van der Waals surface area contributed by atoms with Crippen molar-refractivity contribution in [2.75, 3.05) is 6.61 Å². The van der Waals surface area contributed by atoms with Crippen LogP contribution < -0.4 is 0 Å². The van der Waals surface area contributed by atoms with Crippen LogP contribution in [0.4, 0.5) is 0 Å². The molecule has 1 rings (SSSR count). The van der Waals surface area contributed by atoms with E-state index >= 15 is 0 Å². The van der Waals surface area contributed by atoms with Gasteiger partial charge in [-0.15, -0.1) is 0 Å². The van der Waals surface area contributed by atoms with E-state index in [1.165, 1.54) is 12.8 Å². The van der Waals surface area contributed by atoms with E-state index in [1.807, 2.05) is 4.22 Å². The van der Waals surface area contributed by atoms with Gasteiger partial charge in [-0.3, -0.25) is 4.99 Å².